The van der Waals surface area contributed by atoms with Crippen LogP contribution in [0.15, 0.2) is 0 Å². The van der Waals surface area contributed by atoms with E-state index >= 15 is 0 Å². The second-order valence-corrected chi connectivity index (χ2v) is 5.19. The monoisotopic (exact) mass is 213 g/mol. The van der Waals surface area contributed by atoms with Gasteiger partial charge in [-0.05, 0) is 17.8 Å². The molecule has 0 heterocycles. The number of carboxylic acids is 1. The lowest BCUT2D eigenvalue weighted by atomic mass is 10.1. The van der Waals surface area contributed by atoms with Crippen molar-refractivity contribution < 1.29 is 14.7 Å². The van der Waals surface area contributed by atoms with Gasteiger partial charge in [0, 0.05) is 18.9 Å². The molecule has 1 aliphatic rings. The van der Waals surface area contributed by atoms with E-state index in [1.165, 1.54) is 0 Å². The average Bonchev–Trinajstić information content (AvgIpc) is 2.70. The molecule has 1 aliphatic carbocycles. The molecule has 0 bridgehead atoms. The van der Waals surface area contributed by atoms with Crippen LogP contribution in [0.1, 0.15) is 33.6 Å². The van der Waals surface area contributed by atoms with Crippen LogP contribution in [0.4, 0.5) is 0 Å². The maximum absolute atomic E-state index is 11.6. The quantitative estimate of drug-likeness (QED) is 0.722. The second-order valence-electron chi connectivity index (χ2n) is 5.19. The molecule has 0 aromatic rings. The van der Waals surface area contributed by atoms with Gasteiger partial charge in [-0.1, -0.05) is 20.8 Å². The molecule has 4 nitrogen and oxygen atoms in total. The zero-order valence-corrected chi connectivity index (χ0v) is 9.54. The summed E-state index contributed by atoms with van der Waals surface area (Å²) < 4.78 is 0. The number of hydrogen-bond donors (Lipinski definition) is 2. The molecule has 1 saturated carbocycles. The summed E-state index contributed by atoms with van der Waals surface area (Å²) in [7, 11) is 0. The first-order valence-corrected chi connectivity index (χ1v) is 5.32. The number of rotatable bonds is 5. The molecule has 0 radical (unpaired) electrons. The summed E-state index contributed by atoms with van der Waals surface area (Å²) in [5.41, 5.74) is 0.139. The highest BCUT2D eigenvalue weighted by molar-refractivity contribution is 5.82. The van der Waals surface area contributed by atoms with Crippen LogP contribution in [0.2, 0.25) is 0 Å². The largest absolute Gasteiger partial charge is 0.481 e. The molecule has 0 saturated heterocycles. The summed E-state index contributed by atoms with van der Waals surface area (Å²) in [5.74, 6) is -0.636. The van der Waals surface area contributed by atoms with Crippen molar-refractivity contribution in [1.29, 1.82) is 0 Å². The molecule has 1 unspecified atom stereocenters. The lowest BCUT2D eigenvalue weighted by molar-refractivity contribution is -0.138. The van der Waals surface area contributed by atoms with Crippen LogP contribution >= 0.6 is 0 Å². The number of carboxylic acid groups (broad SMARTS) is 1. The molecule has 0 aromatic heterocycles. The van der Waals surface area contributed by atoms with Crippen LogP contribution < -0.4 is 5.32 Å². The zero-order chi connectivity index (χ0) is 11.6. The van der Waals surface area contributed by atoms with E-state index in [4.69, 9.17) is 5.11 Å². The van der Waals surface area contributed by atoms with Crippen molar-refractivity contribution in [2.24, 2.45) is 17.3 Å². The molecule has 2 atom stereocenters. The first-order valence-electron chi connectivity index (χ1n) is 5.32. The Morgan fingerprint density at radius 3 is 2.47 bits per heavy atom. The average molecular weight is 213 g/mol. The maximum atomic E-state index is 11.6. The van der Waals surface area contributed by atoms with E-state index < -0.39 is 5.97 Å². The highest BCUT2D eigenvalue weighted by Gasteiger charge is 2.50. The van der Waals surface area contributed by atoms with Crippen molar-refractivity contribution in [3.05, 3.63) is 0 Å². The lowest BCUT2D eigenvalue weighted by Crippen LogP contribution is -2.31. The molecule has 0 aromatic carbocycles. The summed E-state index contributed by atoms with van der Waals surface area (Å²) in [5, 5.41) is 11.3. The molecule has 2 N–H and O–H groups in total. The van der Waals surface area contributed by atoms with Crippen LogP contribution in [-0.2, 0) is 9.59 Å². The fourth-order valence-electron chi connectivity index (χ4n) is 1.68. The van der Waals surface area contributed by atoms with Crippen molar-refractivity contribution >= 4 is 11.9 Å². The minimum Gasteiger partial charge on any atom is -0.481 e. The van der Waals surface area contributed by atoms with E-state index in [1.54, 1.807) is 0 Å². The predicted octanol–water partition coefficient (Wildman–Crippen LogP) is 1.26. The van der Waals surface area contributed by atoms with Gasteiger partial charge in [0.15, 0.2) is 0 Å². The van der Waals surface area contributed by atoms with Crippen LogP contribution in [0, 0.1) is 17.3 Å². The Labute approximate surface area is 90.0 Å². The van der Waals surface area contributed by atoms with Gasteiger partial charge in [-0.15, -0.1) is 0 Å². The van der Waals surface area contributed by atoms with E-state index in [2.05, 4.69) is 19.2 Å². The first kappa shape index (κ1) is 12.0. The number of nitrogens with one attached hydrogen (secondary N) is 1. The number of amides is 1. The summed E-state index contributed by atoms with van der Waals surface area (Å²) in [6.45, 7) is 6.42. The van der Waals surface area contributed by atoms with Crippen LogP contribution in [0.25, 0.3) is 0 Å². The van der Waals surface area contributed by atoms with Crippen molar-refractivity contribution in [1.82, 2.24) is 5.32 Å². The molecule has 1 amide bonds. The van der Waals surface area contributed by atoms with Crippen molar-refractivity contribution in [3.63, 3.8) is 0 Å². The molecular weight excluding hydrogens is 194 g/mol. The molecule has 0 aliphatic heterocycles. The minimum absolute atomic E-state index is 0.00619. The third kappa shape index (κ3) is 3.53. The molecule has 1 rings (SSSR count). The maximum Gasteiger partial charge on any atom is 0.303 e. The molecule has 4 heteroatoms. The number of aliphatic carboxylic acids is 1. The van der Waals surface area contributed by atoms with E-state index in [0.717, 1.165) is 6.42 Å². The normalized spacial score (nSPS) is 24.3. The summed E-state index contributed by atoms with van der Waals surface area (Å²) in [6, 6.07) is 0. The van der Waals surface area contributed by atoms with Crippen molar-refractivity contribution in [2.75, 3.05) is 6.54 Å². The Kier molecular flexibility index (Phi) is 3.37. The van der Waals surface area contributed by atoms with Crippen LogP contribution in [-0.4, -0.2) is 23.5 Å². The SMILES string of the molecule is CC(CNC(=O)[C@H]1CC1(C)C)CC(=O)O. The second kappa shape index (κ2) is 4.21. The van der Waals surface area contributed by atoms with Gasteiger partial charge in [-0.2, -0.15) is 0 Å². The van der Waals surface area contributed by atoms with Gasteiger partial charge < -0.3 is 10.4 Å². The Hall–Kier alpha value is -1.06. The van der Waals surface area contributed by atoms with Gasteiger partial charge in [0.2, 0.25) is 5.91 Å². The third-order valence-electron chi connectivity index (χ3n) is 2.98. The number of hydrogen-bond acceptors (Lipinski definition) is 2. The molecule has 86 valence electrons. The topological polar surface area (TPSA) is 66.4 Å². The lowest BCUT2D eigenvalue weighted by Gasteiger charge is -2.10. The van der Waals surface area contributed by atoms with Crippen molar-refractivity contribution in [3.8, 4) is 0 Å². The van der Waals surface area contributed by atoms with Gasteiger partial charge in [-0.3, -0.25) is 9.59 Å². The van der Waals surface area contributed by atoms with E-state index in [9.17, 15) is 9.59 Å². The third-order valence-corrected chi connectivity index (χ3v) is 2.98. The van der Waals surface area contributed by atoms with Crippen molar-refractivity contribution in [2.45, 2.75) is 33.6 Å². The first-order chi connectivity index (χ1) is 6.83. The predicted molar refractivity (Wildman–Crippen MR) is 56.3 cm³/mol. The van der Waals surface area contributed by atoms with Crippen LogP contribution in [0.5, 0.6) is 0 Å². The highest BCUT2D eigenvalue weighted by atomic mass is 16.4. The number of carbonyl (C=O) groups excluding carboxylic acids is 1. The van der Waals surface area contributed by atoms with Gasteiger partial charge in [0.25, 0.3) is 0 Å². The fraction of sp³-hybridized carbons (Fsp3) is 0.818. The number of carbonyl (C=O) groups is 2. The Morgan fingerprint density at radius 1 is 1.53 bits per heavy atom. The van der Waals surface area contributed by atoms with E-state index in [-0.39, 0.29) is 29.6 Å². The summed E-state index contributed by atoms with van der Waals surface area (Å²) >= 11 is 0. The summed E-state index contributed by atoms with van der Waals surface area (Å²) in [6.07, 6.45) is 1.04. The Bertz CT molecular complexity index is 273. The zero-order valence-electron chi connectivity index (χ0n) is 9.54. The fourth-order valence-corrected chi connectivity index (χ4v) is 1.68. The van der Waals surface area contributed by atoms with Gasteiger partial charge >= 0.3 is 5.97 Å². The standard InChI is InChI=1S/C11H19NO3/c1-7(4-9(13)14)6-12-10(15)8-5-11(8,2)3/h7-8H,4-6H2,1-3H3,(H,12,15)(H,13,14)/t7?,8-/m1/s1. The Balaban J connectivity index is 2.20. The minimum atomic E-state index is -0.816. The highest BCUT2D eigenvalue weighted by Crippen LogP contribution is 2.51. The molecule has 0 spiro atoms. The van der Waals surface area contributed by atoms with Gasteiger partial charge in [-0.25, -0.2) is 0 Å². The van der Waals surface area contributed by atoms with E-state index in [0.29, 0.717) is 6.54 Å². The molecule has 15 heavy (non-hydrogen) atoms. The van der Waals surface area contributed by atoms with E-state index in [1.807, 2.05) is 6.92 Å². The molecular formula is C11H19NO3. The van der Waals surface area contributed by atoms with Gasteiger partial charge in [0.05, 0.1) is 0 Å². The van der Waals surface area contributed by atoms with Crippen LogP contribution in [0.3, 0.4) is 0 Å². The summed E-state index contributed by atoms with van der Waals surface area (Å²) in [4.78, 5) is 21.9. The van der Waals surface area contributed by atoms with Gasteiger partial charge in [0.1, 0.15) is 0 Å². The molecule has 1 fully saturated rings. The Morgan fingerprint density at radius 2 is 2.07 bits per heavy atom. The smallest absolute Gasteiger partial charge is 0.303 e.